The molecule has 1 amide bonds. The maximum Gasteiger partial charge on any atom is 0.350 e. The molecule has 23 heavy (non-hydrogen) atoms. The van der Waals surface area contributed by atoms with Gasteiger partial charge in [-0.3, -0.25) is 9.20 Å². The van der Waals surface area contributed by atoms with Crippen LogP contribution >= 0.6 is 11.6 Å². The number of halogens is 1. The zero-order chi connectivity index (χ0) is 16.4. The van der Waals surface area contributed by atoms with Gasteiger partial charge in [0.25, 0.3) is 5.91 Å². The van der Waals surface area contributed by atoms with Gasteiger partial charge in [-0.15, -0.1) is 5.10 Å². The van der Waals surface area contributed by atoms with E-state index in [-0.39, 0.29) is 24.4 Å². The standard InChI is InChI=1S/C15H13ClN4O3/c16-10-4-5-12(11(9-10)14(17)21)23-8-7-20-15(22)19-6-2-1-3-13(19)18-20/h1-6,9H,7-8H2,(H2,17,21). The molecule has 0 fully saturated rings. The first-order valence-electron chi connectivity index (χ1n) is 6.82. The third-order valence-electron chi connectivity index (χ3n) is 3.26. The molecule has 0 saturated carbocycles. The predicted octanol–water partition coefficient (Wildman–Crippen LogP) is 1.33. The molecule has 118 valence electrons. The molecule has 2 N–H and O–H groups in total. The molecule has 0 atom stereocenters. The Kier molecular flexibility index (Phi) is 4.03. The van der Waals surface area contributed by atoms with Crippen LogP contribution in [0.5, 0.6) is 5.75 Å². The Labute approximate surface area is 135 Å². The van der Waals surface area contributed by atoms with Crippen molar-refractivity contribution in [2.75, 3.05) is 6.61 Å². The van der Waals surface area contributed by atoms with Gasteiger partial charge in [0.15, 0.2) is 5.65 Å². The number of amides is 1. The molecule has 0 aliphatic carbocycles. The van der Waals surface area contributed by atoms with E-state index in [1.165, 1.54) is 15.1 Å². The molecule has 0 spiro atoms. The molecule has 8 heteroatoms. The Hall–Kier alpha value is -2.80. The summed E-state index contributed by atoms with van der Waals surface area (Å²) in [4.78, 5) is 23.5. The molecule has 2 aromatic heterocycles. The Morgan fingerprint density at radius 2 is 2.13 bits per heavy atom. The van der Waals surface area contributed by atoms with Crippen molar-refractivity contribution in [1.82, 2.24) is 14.2 Å². The summed E-state index contributed by atoms with van der Waals surface area (Å²) in [5, 5.41) is 4.58. The highest BCUT2D eigenvalue weighted by Gasteiger charge is 2.11. The van der Waals surface area contributed by atoms with Crippen LogP contribution in [0.25, 0.3) is 5.65 Å². The molecule has 2 heterocycles. The number of fused-ring (bicyclic) bond motifs is 1. The van der Waals surface area contributed by atoms with Crippen molar-refractivity contribution in [2.45, 2.75) is 6.54 Å². The molecule has 0 bridgehead atoms. The van der Waals surface area contributed by atoms with E-state index >= 15 is 0 Å². The molecule has 0 aliphatic heterocycles. The van der Waals surface area contributed by atoms with Gasteiger partial charge in [-0.25, -0.2) is 9.48 Å². The van der Waals surface area contributed by atoms with Crippen molar-refractivity contribution >= 4 is 23.2 Å². The number of carbonyl (C=O) groups excluding carboxylic acids is 1. The van der Waals surface area contributed by atoms with Gasteiger partial charge in [0.05, 0.1) is 12.1 Å². The van der Waals surface area contributed by atoms with Crippen LogP contribution in [-0.4, -0.2) is 26.7 Å². The number of carbonyl (C=O) groups is 1. The van der Waals surface area contributed by atoms with Gasteiger partial charge in [-0.05, 0) is 30.3 Å². The van der Waals surface area contributed by atoms with Crippen molar-refractivity contribution in [3.63, 3.8) is 0 Å². The van der Waals surface area contributed by atoms with Gasteiger partial charge < -0.3 is 10.5 Å². The quantitative estimate of drug-likeness (QED) is 0.763. The fraction of sp³-hybridized carbons (Fsp3) is 0.133. The summed E-state index contributed by atoms with van der Waals surface area (Å²) in [6.07, 6.45) is 1.65. The fourth-order valence-corrected chi connectivity index (χ4v) is 2.35. The van der Waals surface area contributed by atoms with Crippen LogP contribution in [-0.2, 0) is 6.54 Å². The second-order valence-electron chi connectivity index (χ2n) is 4.79. The van der Waals surface area contributed by atoms with E-state index in [4.69, 9.17) is 22.1 Å². The summed E-state index contributed by atoms with van der Waals surface area (Å²) >= 11 is 5.84. The van der Waals surface area contributed by atoms with Crippen LogP contribution in [0.4, 0.5) is 0 Å². The number of primary amides is 1. The fourth-order valence-electron chi connectivity index (χ4n) is 2.18. The molecule has 3 rings (SSSR count). The number of nitrogens with zero attached hydrogens (tertiary/aromatic N) is 3. The lowest BCUT2D eigenvalue weighted by molar-refractivity contribution is 0.0996. The van der Waals surface area contributed by atoms with Crippen LogP contribution in [0, 0.1) is 0 Å². The largest absolute Gasteiger partial charge is 0.491 e. The Morgan fingerprint density at radius 1 is 1.30 bits per heavy atom. The molecule has 0 unspecified atom stereocenters. The molecule has 0 radical (unpaired) electrons. The summed E-state index contributed by atoms with van der Waals surface area (Å²) in [5.74, 6) is -0.314. The van der Waals surface area contributed by atoms with Crippen molar-refractivity contribution < 1.29 is 9.53 Å². The molecule has 3 aromatic rings. The minimum Gasteiger partial charge on any atom is -0.491 e. The Balaban J connectivity index is 1.75. The Morgan fingerprint density at radius 3 is 2.87 bits per heavy atom. The normalized spacial score (nSPS) is 10.8. The van der Waals surface area contributed by atoms with Gasteiger partial charge in [0.1, 0.15) is 12.4 Å². The average Bonchev–Trinajstić information content (AvgIpc) is 2.85. The number of hydrogen-bond acceptors (Lipinski definition) is 4. The van der Waals surface area contributed by atoms with Gasteiger partial charge in [0, 0.05) is 11.2 Å². The number of rotatable bonds is 5. The van der Waals surface area contributed by atoms with Crippen LogP contribution in [0.1, 0.15) is 10.4 Å². The van der Waals surface area contributed by atoms with E-state index in [0.29, 0.717) is 16.4 Å². The van der Waals surface area contributed by atoms with Crippen LogP contribution in [0.3, 0.4) is 0 Å². The molecule has 0 saturated heterocycles. The lowest BCUT2D eigenvalue weighted by Crippen LogP contribution is -2.24. The Bertz CT molecular complexity index is 932. The molecular weight excluding hydrogens is 320 g/mol. The van der Waals surface area contributed by atoms with E-state index in [1.54, 1.807) is 36.5 Å². The number of nitrogens with two attached hydrogens (primary N) is 1. The van der Waals surface area contributed by atoms with E-state index in [9.17, 15) is 9.59 Å². The van der Waals surface area contributed by atoms with Gasteiger partial charge in [-0.1, -0.05) is 17.7 Å². The molecule has 1 aromatic carbocycles. The minimum atomic E-state index is -0.632. The van der Waals surface area contributed by atoms with Gasteiger partial charge in [-0.2, -0.15) is 0 Å². The molecule has 0 aliphatic rings. The highest BCUT2D eigenvalue weighted by molar-refractivity contribution is 6.31. The second kappa shape index (κ2) is 6.13. The second-order valence-corrected chi connectivity index (χ2v) is 5.22. The van der Waals surface area contributed by atoms with Crippen LogP contribution < -0.4 is 16.2 Å². The van der Waals surface area contributed by atoms with Crippen molar-refractivity contribution in [3.05, 3.63) is 63.7 Å². The molecule has 7 nitrogen and oxygen atoms in total. The van der Waals surface area contributed by atoms with Crippen LogP contribution in [0.15, 0.2) is 47.4 Å². The van der Waals surface area contributed by atoms with E-state index in [0.717, 1.165) is 0 Å². The number of hydrogen-bond donors (Lipinski definition) is 1. The third kappa shape index (κ3) is 3.04. The summed E-state index contributed by atoms with van der Waals surface area (Å²) in [5.41, 5.74) is 5.79. The minimum absolute atomic E-state index is 0.158. The smallest absolute Gasteiger partial charge is 0.350 e. The first-order valence-corrected chi connectivity index (χ1v) is 7.20. The monoisotopic (exact) mass is 332 g/mol. The first kappa shape index (κ1) is 15.1. The van der Waals surface area contributed by atoms with Crippen molar-refractivity contribution in [2.24, 2.45) is 5.73 Å². The number of aromatic nitrogens is 3. The van der Waals surface area contributed by atoms with E-state index in [2.05, 4.69) is 5.10 Å². The number of pyridine rings is 1. The van der Waals surface area contributed by atoms with Crippen molar-refractivity contribution in [3.8, 4) is 5.75 Å². The predicted molar refractivity (Wildman–Crippen MR) is 84.9 cm³/mol. The molecular formula is C15H13ClN4O3. The van der Waals surface area contributed by atoms with E-state index < -0.39 is 5.91 Å². The van der Waals surface area contributed by atoms with Crippen LogP contribution in [0.2, 0.25) is 5.02 Å². The van der Waals surface area contributed by atoms with Gasteiger partial charge >= 0.3 is 5.69 Å². The first-order chi connectivity index (χ1) is 11.1. The lowest BCUT2D eigenvalue weighted by atomic mass is 10.2. The maximum absolute atomic E-state index is 12.1. The lowest BCUT2D eigenvalue weighted by Gasteiger charge is -2.09. The number of benzene rings is 1. The summed E-state index contributed by atoms with van der Waals surface area (Å²) in [6, 6.07) is 9.90. The van der Waals surface area contributed by atoms with Crippen molar-refractivity contribution in [1.29, 1.82) is 0 Å². The maximum atomic E-state index is 12.1. The number of ether oxygens (including phenoxy) is 1. The zero-order valence-electron chi connectivity index (χ0n) is 12.0. The summed E-state index contributed by atoms with van der Waals surface area (Å²) in [7, 11) is 0. The topological polar surface area (TPSA) is 91.6 Å². The highest BCUT2D eigenvalue weighted by Crippen LogP contribution is 2.22. The summed E-state index contributed by atoms with van der Waals surface area (Å²) in [6.45, 7) is 0.396. The summed E-state index contributed by atoms with van der Waals surface area (Å²) < 4.78 is 8.28. The average molecular weight is 333 g/mol. The highest BCUT2D eigenvalue weighted by atomic mass is 35.5. The van der Waals surface area contributed by atoms with E-state index in [1.807, 2.05) is 0 Å². The zero-order valence-corrected chi connectivity index (χ0v) is 12.7. The SMILES string of the molecule is NC(=O)c1cc(Cl)ccc1OCCn1nc2ccccn2c1=O. The third-order valence-corrected chi connectivity index (χ3v) is 3.49. The van der Waals surface area contributed by atoms with Gasteiger partial charge in [0.2, 0.25) is 0 Å².